The van der Waals surface area contributed by atoms with E-state index in [9.17, 15) is 5.26 Å². The van der Waals surface area contributed by atoms with E-state index in [0.29, 0.717) is 23.0 Å². The molecule has 0 unspecified atom stereocenters. The van der Waals surface area contributed by atoms with Gasteiger partial charge in [0.05, 0.1) is 17.0 Å². The van der Waals surface area contributed by atoms with Crippen molar-refractivity contribution in [3.63, 3.8) is 0 Å². The maximum Gasteiger partial charge on any atom is 0.164 e. The molecule has 0 atom stereocenters. The first-order valence-corrected chi connectivity index (χ1v) is 17.2. The summed E-state index contributed by atoms with van der Waals surface area (Å²) < 4.78 is 6.51. The molecule has 0 fully saturated rings. The molecule has 242 valence electrons. The second-order valence-electron chi connectivity index (χ2n) is 13.1. The first-order valence-electron chi connectivity index (χ1n) is 17.2. The van der Waals surface area contributed by atoms with Crippen molar-refractivity contribution in [3.8, 4) is 74.0 Å². The van der Waals surface area contributed by atoms with Gasteiger partial charge in [-0.25, -0.2) is 15.0 Å². The summed E-state index contributed by atoms with van der Waals surface area (Å²) in [5.41, 5.74) is 11.6. The predicted molar refractivity (Wildman–Crippen MR) is 204 cm³/mol. The summed E-state index contributed by atoms with van der Waals surface area (Å²) >= 11 is 0. The van der Waals surface area contributed by atoms with Crippen molar-refractivity contribution < 1.29 is 4.74 Å². The van der Waals surface area contributed by atoms with E-state index in [1.165, 1.54) is 5.56 Å². The average molecular weight is 665 g/mol. The van der Waals surface area contributed by atoms with Crippen molar-refractivity contribution in [2.24, 2.45) is 0 Å². The highest BCUT2D eigenvalue weighted by Gasteiger charge is 2.51. The second kappa shape index (κ2) is 11.7. The maximum absolute atomic E-state index is 10.0. The van der Waals surface area contributed by atoms with Crippen LogP contribution in [0, 0.1) is 11.3 Å². The van der Waals surface area contributed by atoms with Gasteiger partial charge < -0.3 is 4.74 Å². The molecule has 7 aromatic carbocycles. The van der Waals surface area contributed by atoms with Gasteiger partial charge in [0.25, 0.3) is 0 Å². The van der Waals surface area contributed by atoms with E-state index >= 15 is 0 Å². The molecule has 1 aliphatic carbocycles. The number of benzene rings is 7. The van der Waals surface area contributed by atoms with Crippen molar-refractivity contribution >= 4 is 0 Å². The van der Waals surface area contributed by atoms with Crippen LogP contribution in [0.15, 0.2) is 170 Å². The van der Waals surface area contributed by atoms with Crippen LogP contribution in [0.4, 0.5) is 0 Å². The Morgan fingerprint density at radius 3 is 1.40 bits per heavy atom. The highest BCUT2D eigenvalue weighted by Crippen LogP contribution is 2.62. The van der Waals surface area contributed by atoms with Gasteiger partial charge in [-0.1, -0.05) is 140 Å². The van der Waals surface area contributed by atoms with Gasteiger partial charge in [0.15, 0.2) is 17.5 Å². The first-order chi connectivity index (χ1) is 25.7. The molecule has 5 nitrogen and oxygen atoms in total. The lowest BCUT2D eigenvalue weighted by Crippen LogP contribution is -2.32. The Labute approximate surface area is 301 Å². The third-order valence-corrected chi connectivity index (χ3v) is 10.2. The molecule has 2 heterocycles. The van der Waals surface area contributed by atoms with Crippen molar-refractivity contribution in [1.29, 1.82) is 5.26 Å². The molecule has 10 rings (SSSR count). The number of fused-ring (bicyclic) bond motifs is 9. The fourth-order valence-electron chi connectivity index (χ4n) is 7.90. The highest BCUT2D eigenvalue weighted by atomic mass is 16.5. The van der Waals surface area contributed by atoms with Crippen LogP contribution in [0.3, 0.4) is 0 Å². The number of nitriles is 1. The SMILES string of the molecule is N#Cc1ccc2c(c1)C1(c3ccccc3Oc3ccccc31)c1cc(-c3ccc(-c4nc(-c5ccccc5)nc(-c5ccccc5)n4)cc3)ccc1-2. The lowest BCUT2D eigenvalue weighted by molar-refractivity contribution is 0.436. The fourth-order valence-corrected chi connectivity index (χ4v) is 7.90. The van der Waals surface area contributed by atoms with Gasteiger partial charge >= 0.3 is 0 Å². The molecule has 1 aromatic heterocycles. The van der Waals surface area contributed by atoms with Crippen LogP contribution in [0.5, 0.6) is 11.5 Å². The monoisotopic (exact) mass is 664 g/mol. The lowest BCUT2D eigenvalue weighted by atomic mass is 9.65. The molecule has 5 heteroatoms. The van der Waals surface area contributed by atoms with Gasteiger partial charge in [0.2, 0.25) is 0 Å². The Balaban J connectivity index is 1.12. The van der Waals surface area contributed by atoms with Crippen LogP contribution in [0.1, 0.15) is 27.8 Å². The lowest BCUT2D eigenvalue weighted by Gasteiger charge is -2.39. The van der Waals surface area contributed by atoms with Crippen LogP contribution in [0.25, 0.3) is 56.4 Å². The van der Waals surface area contributed by atoms with Gasteiger partial charge in [0.1, 0.15) is 11.5 Å². The Kier molecular flexibility index (Phi) is 6.70. The highest BCUT2D eigenvalue weighted by molar-refractivity contribution is 5.90. The molecule has 52 heavy (non-hydrogen) atoms. The molecular formula is C47H28N4O. The number of hydrogen-bond donors (Lipinski definition) is 0. The smallest absolute Gasteiger partial charge is 0.164 e. The minimum Gasteiger partial charge on any atom is -0.457 e. The number of aromatic nitrogens is 3. The molecule has 8 aromatic rings. The summed E-state index contributed by atoms with van der Waals surface area (Å²) in [5, 5.41) is 10.0. The standard InChI is InChI=1S/C47H28N4O/c48-29-30-19-25-36-37-26-24-35(28-41(37)47(40(36)27-30)38-15-7-9-17-42(38)52-43-18-10-8-16-39(43)47)31-20-22-34(23-21-31)46-50-44(32-11-3-1-4-12-32)49-45(51-46)33-13-5-2-6-14-33/h1-28H. The summed E-state index contributed by atoms with van der Waals surface area (Å²) in [6.07, 6.45) is 0. The quantitative estimate of drug-likeness (QED) is 0.187. The van der Waals surface area contributed by atoms with Crippen LogP contribution in [-0.2, 0) is 5.41 Å². The minimum atomic E-state index is -0.661. The Morgan fingerprint density at radius 1 is 0.404 bits per heavy atom. The Bertz CT molecular complexity index is 2610. The van der Waals surface area contributed by atoms with E-state index in [2.05, 4.69) is 84.9 Å². The number of nitrogens with zero attached hydrogens (tertiary/aromatic N) is 4. The average Bonchev–Trinajstić information content (AvgIpc) is 3.50. The van der Waals surface area contributed by atoms with Gasteiger partial charge in [-0.2, -0.15) is 5.26 Å². The molecule has 0 N–H and O–H groups in total. The minimum absolute atomic E-state index is 0.617. The fraction of sp³-hybridized carbons (Fsp3) is 0.0213. The second-order valence-corrected chi connectivity index (χ2v) is 13.1. The van der Waals surface area contributed by atoms with Gasteiger partial charge in [-0.15, -0.1) is 0 Å². The largest absolute Gasteiger partial charge is 0.457 e. The van der Waals surface area contributed by atoms with E-state index in [4.69, 9.17) is 19.7 Å². The molecular weight excluding hydrogens is 637 g/mol. The topological polar surface area (TPSA) is 71.7 Å². The first kappa shape index (κ1) is 29.7. The van der Waals surface area contributed by atoms with Crippen molar-refractivity contribution in [2.75, 3.05) is 0 Å². The number of rotatable bonds is 4. The molecule has 0 bridgehead atoms. The third-order valence-electron chi connectivity index (χ3n) is 10.2. The molecule has 0 radical (unpaired) electrons. The van der Waals surface area contributed by atoms with Crippen molar-refractivity contribution in [2.45, 2.75) is 5.41 Å². The van der Waals surface area contributed by atoms with Crippen LogP contribution < -0.4 is 4.74 Å². The number of ether oxygens (including phenoxy) is 1. The summed E-state index contributed by atoms with van der Waals surface area (Å²) in [6.45, 7) is 0. The zero-order valence-electron chi connectivity index (χ0n) is 27.9. The van der Waals surface area contributed by atoms with E-state index in [0.717, 1.165) is 67.1 Å². The molecule has 0 saturated carbocycles. The molecule has 1 aliphatic heterocycles. The molecule has 0 amide bonds. The summed E-state index contributed by atoms with van der Waals surface area (Å²) in [7, 11) is 0. The molecule has 1 spiro atoms. The normalized spacial score (nSPS) is 12.9. The van der Waals surface area contributed by atoms with Crippen LogP contribution >= 0.6 is 0 Å². The van der Waals surface area contributed by atoms with E-state index in [1.807, 2.05) is 91.0 Å². The maximum atomic E-state index is 10.0. The number of hydrogen-bond acceptors (Lipinski definition) is 5. The van der Waals surface area contributed by atoms with E-state index in [1.54, 1.807) is 0 Å². The van der Waals surface area contributed by atoms with Gasteiger partial charge in [-0.3, -0.25) is 0 Å². The Hall–Kier alpha value is -7.16. The van der Waals surface area contributed by atoms with Crippen LogP contribution in [-0.4, -0.2) is 15.0 Å². The van der Waals surface area contributed by atoms with Gasteiger partial charge in [0, 0.05) is 27.8 Å². The zero-order valence-corrected chi connectivity index (χ0v) is 27.9. The van der Waals surface area contributed by atoms with E-state index in [-0.39, 0.29) is 0 Å². The van der Waals surface area contributed by atoms with Crippen LogP contribution in [0.2, 0.25) is 0 Å². The predicted octanol–water partition coefficient (Wildman–Crippen LogP) is 10.9. The van der Waals surface area contributed by atoms with Crippen molar-refractivity contribution in [3.05, 3.63) is 198 Å². The molecule has 0 saturated heterocycles. The third kappa shape index (κ3) is 4.52. The summed E-state index contributed by atoms with van der Waals surface area (Å²) in [4.78, 5) is 14.7. The zero-order chi connectivity index (χ0) is 34.6. The summed E-state index contributed by atoms with van der Waals surface area (Å²) in [6, 6.07) is 60.2. The van der Waals surface area contributed by atoms with Crippen molar-refractivity contribution in [1.82, 2.24) is 15.0 Å². The summed E-state index contributed by atoms with van der Waals surface area (Å²) in [5.74, 6) is 3.52. The van der Waals surface area contributed by atoms with E-state index < -0.39 is 5.41 Å². The molecule has 2 aliphatic rings. The number of para-hydroxylation sites is 2. The van der Waals surface area contributed by atoms with Gasteiger partial charge in [-0.05, 0) is 63.7 Å². The Morgan fingerprint density at radius 2 is 0.846 bits per heavy atom.